The summed E-state index contributed by atoms with van der Waals surface area (Å²) in [6.07, 6.45) is 1.72. The standard InChI is InChI=1S/C11H12N2O2S/c1-3-15-11(14)10-9-7(12-2)4-5-13-8(9)6-16-10/h4-6,12H,3H2,1-2H3. The van der Waals surface area contributed by atoms with Crippen molar-refractivity contribution in [3.8, 4) is 0 Å². The van der Waals surface area contributed by atoms with E-state index in [0.717, 1.165) is 16.6 Å². The fourth-order valence-corrected chi connectivity index (χ4v) is 2.43. The first kappa shape index (κ1) is 10.9. The Morgan fingerprint density at radius 3 is 3.12 bits per heavy atom. The molecule has 0 aliphatic rings. The van der Waals surface area contributed by atoms with Crippen LogP contribution in [0.1, 0.15) is 16.6 Å². The summed E-state index contributed by atoms with van der Waals surface area (Å²) in [5.74, 6) is -0.285. The summed E-state index contributed by atoms with van der Waals surface area (Å²) >= 11 is 1.36. The van der Waals surface area contributed by atoms with E-state index in [9.17, 15) is 4.79 Å². The van der Waals surface area contributed by atoms with E-state index in [4.69, 9.17) is 4.74 Å². The van der Waals surface area contributed by atoms with E-state index in [1.807, 2.05) is 18.5 Å². The van der Waals surface area contributed by atoms with Crippen molar-refractivity contribution in [2.24, 2.45) is 0 Å². The fourth-order valence-electron chi connectivity index (χ4n) is 1.53. The number of carbonyl (C=O) groups excluding carboxylic acids is 1. The molecule has 0 spiro atoms. The number of rotatable bonds is 3. The maximum absolute atomic E-state index is 11.7. The van der Waals surface area contributed by atoms with Crippen molar-refractivity contribution in [1.82, 2.24) is 4.98 Å². The minimum absolute atomic E-state index is 0.285. The summed E-state index contributed by atoms with van der Waals surface area (Å²) in [6.45, 7) is 2.18. The van der Waals surface area contributed by atoms with Gasteiger partial charge in [0, 0.05) is 29.7 Å². The molecule has 2 rings (SSSR count). The molecule has 0 atom stereocenters. The minimum Gasteiger partial charge on any atom is -0.462 e. The molecule has 16 heavy (non-hydrogen) atoms. The molecule has 0 unspecified atom stereocenters. The number of esters is 1. The molecule has 4 nitrogen and oxygen atoms in total. The van der Waals surface area contributed by atoms with Gasteiger partial charge in [-0.2, -0.15) is 0 Å². The topological polar surface area (TPSA) is 51.2 Å². The maximum atomic E-state index is 11.7. The molecular weight excluding hydrogens is 224 g/mol. The van der Waals surface area contributed by atoms with Crippen LogP contribution in [0.15, 0.2) is 17.6 Å². The number of hydrogen-bond donors (Lipinski definition) is 1. The van der Waals surface area contributed by atoms with Crippen LogP contribution in [0.25, 0.3) is 10.9 Å². The minimum atomic E-state index is -0.285. The van der Waals surface area contributed by atoms with Gasteiger partial charge in [0.2, 0.25) is 0 Å². The second kappa shape index (κ2) is 4.49. The van der Waals surface area contributed by atoms with Crippen LogP contribution in [-0.4, -0.2) is 24.6 Å². The number of nitrogens with zero attached hydrogens (tertiary/aromatic N) is 1. The van der Waals surface area contributed by atoms with Gasteiger partial charge in [-0.15, -0.1) is 11.3 Å². The molecule has 0 saturated carbocycles. The van der Waals surface area contributed by atoms with Gasteiger partial charge in [-0.3, -0.25) is 4.98 Å². The van der Waals surface area contributed by atoms with E-state index in [0.29, 0.717) is 11.5 Å². The SMILES string of the molecule is CCOC(=O)c1scc2nccc(NC)c12. The molecule has 0 bridgehead atoms. The van der Waals surface area contributed by atoms with Crippen LogP contribution in [0, 0.1) is 0 Å². The third-order valence-corrected chi connectivity index (χ3v) is 3.17. The van der Waals surface area contributed by atoms with Gasteiger partial charge in [0.15, 0.2) is 0 Å². The molecule has 2 heterocycles. The average Bonchev–Trinajstić information content (AvgIpc) is 2.72. The largest absolute Gasteiger partial charge is 0.462 e. The number of thiophene rings is 1. The van der Waals surface area contributed by atoms with Crippen molar-refractivity contribution >= 4 is 33.9 Å². The number of pyridine rings is 1. The van der Waals surface area contributed by atoms with Crippen LogP contribution >= 0.6 is 11.3 Å². The Bertz CT molecular complexity index is 522. The number of anilines is 1. The Morgan fingerprint density at radius 2 is 2.44 bits per heavy atom. The smallest absolute Gasteiger partial charge is 0.349 e. The molecule has 0 radical (unpaired) electrons. The number of hydrogen-bond acceptors (Lipinski definition) is 5. The molecule has 2 aromatic heterocycles. The quantitative estimate of drug-likeness (QED) is 0.832. The van der Waals surface area contributed by atoms with E-state index < -0.39 is 0 Å². The van der Waals surface area contributed by atoms with Crippen LogP contribution in [0.2, 0.25) is 0 Å². The molecule has 5 heteroatoms. The first-order valence-electron chi connectivity index (χ1n) is 4.99. The van der Waals surface area contributed by atoms with E-state index in [1.165, 1.54) is 11.3 Å². The summed E-state index contributed by atoms with van der Waals surface area (Å²) in [4.78, 5) is 16.5. The zero-order chi connectivity index (χ0) is 11.5. The van der Waals surface area contributed by atoms with Crippen LogP contribution in [-0.2, 0) is 4.74 Å². The molecule has 84 valence electrons. The molecule has 0 saturated heterocycles. The molecule has 2 aromatic rings. The third kappa shape index (κ3) is 1.74. The van der Waals surface area contributed by atoms with E-state index in [2.05, 4.69) is 10.3 Å². The van der Waals surface area contributed by atoms with Crippen molar-refractivity contribution in [3.63, 3.8) is 0 Å². The average molecular weight is 236 g/mol. The van der Waals surface area contributed by atoms with E-state index >= 15 is 0 Å². The Hall–Kier alpha value is -1.62. The van der Waals surface area contributed by atoms with Crippen LogP contribution in [0.5, 0.6) is 0 Å². The second-order valence-corrected chi connectivity index (χ2v) is 4.03. The molecule has 0 amide bonds. The molecule has 0 aromatic carbocycles. The molecular formula is C11H12N2O2S. The van der Waals surface area contributed by atoms with Gasteiger partial charge in [0.1, 0.15) is 4.88 Å². The molecule has 0 fully saturated rings. The fraction of sp³-hybridized carbons (Fsp3) is 0.273. The lowest BCUT2D eigenvalue weighted by Crippen LogP contribution is -2.03. The Morgan fingerprint density at radius 1 is 1.62 bits per heavy atom. The van der Waals surface area contributed by atoms with Crippen molar-refractivity contribution in [2.75, 3.05) is 19.0 Å². The van der Waals surface area contributed by atoms with Crippen LogP contribution < -0.4 is 5.32 Å². The van der Waals surface area contributed by atoms with E-state index in [-0.39, 0.29) is 5.97 Å². The number of fused-ring (bicyclic) bond motifs is 1. The van der Waals surface area contributed by atoms with Gasteiger partial charge in [-0.25, -0.2) is 4.79 Å². The number of aromatic nitrogens is 1. The number of nitrogens with one attached hydrogen (secondary N) is 1. The van der Waals surface area contributed by atoms with Gasteiger partial charge < -0.3 is 10.1 Å². The Kier molecular flexibility index (Phi) is 3.05. The summed E-state index contributed by atoms with van der Waals surface area (Å²) in [5.41, 5.74) is 1.72. The van der Waals surface area contributed by atoms with Gasteiger partial charge in [0.25, 0.3) is 0 Å². The van der Waals surface area contributed by atoms with Gasteiger partial charge in [-0.1, -0.05) is 0 Å². The van der Waals surface area contributed by atoms with Gasteiger partial charge in [0.05, 0.1) is 12.1 Å². The zero-order valence-electron chi connectivity index (χ0n) is 9.11. The highest BCUT2D eigenvalue weighted by atomic mass is 32.1. The van der Waals surface area contributed by atoms with Crippen LogP contribution in [0.3, 0.4) is 0 Å². The highest BCUT2D eigenvalue weighted by Crippen LogP contribution is 2.30. The van der Waals surface area contributed by atoms with Gasteiger partial charge in [-0.05, 0) is 13.0 Å². The molecule has 0 aliphatic heterocycles. The Labute approximate surface area is 97.3 Å². The summed E-state index contributed by atoms with van der Waals surface area (Å²) in [5, 5.41) is 5.76. The monoisotopic (exact) mass is 236 g/mol. The van der Waals surface area contributed by atoms with Crippen molar-refractivity contribution < 1.29 is 9.53 Å². The highest BCUT2D eigenvalue weighted by Gasteiger charge is 2.16. The number of carbonyl (C=O) groups is 1. The normalized spacial score (nSPS) is 10.4. The highest BCUT2D eigenvalue weighted by molar-refractivity contribution is 7.13. The van der Waals surface area contributed by atoms with Crippen molar-refractivity contribution in [1.29, 1.82) is 0 Å². The first-order chi connectivity index (χ1) is 7.77. The van der Waals surface area contributed by atoms with Gasteiger partial charge >= 0.3 is 5.97 Å². The lowest BCUT2D eigenvalue weighted by molar-refractivity contribution is 0.0534. The predicted octanol–water partition coefficient (Wildman–Crippen LogP) is 2.51. The Balaban J connectivity index is 2.58. The number of ether oxygens (including phenoxy) is 1. The summed E-state index contributed by atoms with van der Waals surface area (Å²) < 4.78 is 5.01. The second-order valence-electron chi connectivity index (χ2n) is 3.15. The zero-order valence-corrected chi connectivity index (χ0v) is 9.93. The lowest BCUT2D eigenvalue weighted by Gasteiger charge is -2.04. The molecule has 0 aliphatic carbocycles. The van der Waals surface area contributed by atoms with Crippen molar-refractivity contribution in [3.05, 3.63) is 22.5 Å². The third-order valence-electron chi connectivity index (χ3n) is 2.23. The molecule has 1 N–H and O–H groups in total. The first-order valence-corrected chi connectivity index (χ1v) is 5.87. The lowest BCUT2D eigenvalue weighted by atomic mass is 10.2. The summed E-state index contributed by atoms with van der Waals surface area (Å²) in [7, 11) is 1.82. The van der Waals surface area contributed by atoms with E-state index in [1.54, 1.807) is 13.1 Å². The van der Waals surface area contributed by atoms with Crippen LogP contribution in [0.4, 0.5) is 5.69 Å². The predicted molar refractivity (Wildman–Crippen MR) is 65.1 cm³/mol. The summed E-state index contributed by atoms with van der Waals surface area (Å²) in [6, 6.07) is 1.85. The maximum Gasteiger partial charge on any atom is 0.349 e. The van der Waals surface area contributed by atoms with Crippen molar-refractivity contribution in [2.45, 2.75) is 6.92 Å².